The summed E-state index contributed by atoms with van der Waals surface area (Å²) in [5.74, 6) is 0.538. The molecule has 0 aliphatic heterocycles. The molecule has 2 aromatic rings. The minimum atomic E-state index is 0.538. The van der Waals surface area contributed by atoms with Gasteiger partial charge in [0, 0.05) is 17.1 Å². The first-order valence-corrected chi connectivity index (χ1v) is 5.09. The van der Waals surface area contributed by atoms with Crippen molar-refractivity contribution >= 4 is 10.9 Å². The first kappa shape index (κ1) is 9.28. The third-order valence-electron chi connectivity index (χ3n) is 2.75. The SMILES string of the molecule is CC(CCN)c1c[nH]c2ccccc12. The fourth-order valence-corrected chi connectivity index (χ4v) is 1.91. The third-order valence-corrected chi connectivity index (χ3v) is 2.75. The average molecular weight is 188 g/mol. The van der Waals surface area contributed by atoms with Crippen LogP contribution in [0.4, 0.5) is 0 Å². The van der Waals surface area contributed by atoms with E-state index in [1.165, 1.54) is 16.5 Å². The van der Waals surface area contributed by atoms with Gasteiger partial charge in [-0.25, -0.2) is 0 Å². The number of nitrogens with two attached hydrogens (primary N) is 1. The summed E-state index contributed by atoms with van der Waals surface area (Å²) in [6.45, 7) is 2.98. The molecule has 1 aromatic heterocycles. The Balaban J connectivity index is 2.42. The van der Waals surface area contributed by atoms with Crippen LogP contribution in [0.5, 0.6) is 0 Å². The zero-order chi connectivity index (χ0) is 9.97. The van der Waals surface area contributed by atoms with E-state index in [1.54, 1.807) is 0 Å². The van der Waals surface area contributed by atoms with Crippen LogP contribution in [-0.2, 0) is 0 Å². The van der Waals surface area contributed by atoms with Crippen molar-refractivity contribution in [3.63, 3.8) is 0 Å². The Morgan fingerprint density at radius 2 is 2.14 bits per heavy atom. The Kier molecular flexibility index (Phi) is 2.55. The van der Waals surface area contributed by atoms with E-state index in [-0.39, 0.29) is 0 Å². The number of aromatic amines is 1. The lowest BCUT2D eigenvalue weighted by atomic mass is 9.97. The van der Waals surface area contributed by atoms with Crippen LogP contribution in [0.15, 0.2) is 30.5 Å². The number of para-hydroxylation sites is 1. The Morgan fingerprint density at radius 3 is 2.93 bits per heavy atom. The van der Waals surface area contributed by atoms with Gasteiger partial charge >= 0.3 is 0 Å². The molecule has 1 atom stereocenters. The van der Waals surface area contributed by atoms with Crippen LogP contribution in [0.3, 0.4) is 0 Å². The minimum absolute atomic E-state index is 0.538. The van der Waals surface area contributed by atoms with Gasteiger partial charge in [0.05, 0.1) is 0 Å². The zero-order valence-electron chi connectivity index (χ0n) is 8.46. The predicted octanol–water partition coefficient (Wildman–Crippen LogP) is 2.62. The molecule has 1 heterocycles. The summed E-state index contributed by atoms with van der Waals surface area (Å²) in [5, 5.41) is 1.33. The number of H-pyrrole nitrogens is 1. The van der Waals surface area contributed by atoms with E-state index in [0.717, 1.165) is 13.0 Å². The first-order chi connectivity index (χ1) is 6.83. The van der Waals surface area contributed by atoms with Gasteiger partial charge < -0.3 is 10.7 Å². The molecule has 3 N–H and O–H groups in total. The second-order valence-electron chi connectivity index (χ2n) is 3.77. The largest absolute Gasteiger partial charge is 0.361 e. The summed E-state index contributed by atoms with van der Waals surface area (Å²) in [4.78, 5) is 3.29. The molecule has 2 heteroatoms. The summed E-state index contributed by atoms with van der Waals surface area (Å²) < 4.78 is 0. The molecule has 0 aliphatic rings. The molecule has 1 aromatic carbocycles. The summed E-state index contributed by atoms with van der Waals surface area (Å²) in [7, 11) is 0. The molecule has 0 saturated heterocycles. The van der Waals surface area contributed by atoms with Crippen LogP contribution in [-0.4, -0.2) is 11.5 Å². The van der Waals surface area contributed by atoms with Crippen molar-refractivity contribution < 1.29 is 0 Å². The minimum Gasteiger partial charge on any atom is -0.361 e. The van der Waals surface area contributed by atoms with Crippen LogP contribution in [0.2, 0.25) is 0 Å². The molecule has 0 bridgehead atoms. The molecule has 0 radical (unpaired) electrons. The number of benzene rings is 1. The van der Waals surface area contributed by atoms with Gasteiger partial charge in [0.2, 0.25) is 0 Å². The normalized spacial score (nSPS) is 13.3. The van der Waals surface area contributed by atoms with Gasteiger partial charge in [0.1, 0.15) is 0 Å². The van der Waals surface area contributed by atoms with Crippen LogP contribution in [0, 0.1) is 0 Å². The first-order valence-electron chi connectivity index (χ1n) is 5.09. The fourth-order valence-electron chi connectivity index (χ4n) is 1.91. The second kappa shape index (κ2) is 3.84. The Hall–Kier alpha value is -1.28. The molecular weight excluding hydrogens is 172 g/mol. The van der Waals surface area contributed by atoms with Gasteiger partial charge in [-0.1, -0.05) is 25.1 Å². The van der Waals surface area contributed by atoms with Crippen LogP contribution >= 0.6 is 0 Å². The lowest BCUT2D eigenvalue weighted by Gasteiger charge is -2.08. The van der Waals surface area contributed by atoms with E-state index in [9.17, 15) is 0 Å². The number of nitrogens with one attached hydrogen (secondary N) is 1. The van der Waals surface area contributed by atoms with E-state index in [2.05, 4.69) is 42.4 Å². The Labute approximate surface area is 84.1 Å². The monoisotopic (exact) mass is 188 g/mol. The molecule has 0 saturated carbocycles. The topological polar surface area (TPSA) is 41.8 Å². The highest BCUT2D eigenvalue weighted by Gasteiger charge is 2.09. The van der Waals surface area contributed by atoms with E-state index >= 15 is 0 Å². The molecule has 14 heavy (non-hydrogen) atoms. The quantitative estimate of drug-likeness (QED) is 0.763. The summed E-state index contributed by atoms with van der Waals surface area (Å²) >= 11 is 0. The van der Waals surface area contributed by atoms with Gasteiger partial charge in [0.15, 0.2) is 0 Å². The Morgan fingerprint density at radius 1 is 1.36 bits per heavy atom. The van der Waals surface area contributed by atoms with Gasteiger partial charge in [-0.05, 0) is 30.5 Å². The van der Waals surface area contributed by atoms with Crippen LogP contribution in [0.1, 0.15) is 24.8 Å². The number of aromatic nitrogens is 1. The molecule has 0 spiro atoms. The van der Waals surface area contributed by atoms with Crippen molar-refractivity contribution in [1.82, 2.24) is 4.98 Å². The molecule has 2 rings (SSSR count). The number of rotatable bonds is 3. The molecule has 0 fully saturated rings. The molecule has 0 aliphatic carbocycles. The van der Waals surface area contributed by atoms with E-state index in [1.807, 2.05) is 0 Å². The zero-order valence-corrected chi connectivity index (χ0v) is 8.46. The van der Waals surface area contributed by atoms with Gasteiger partial charge in [-0.3, -0.25) is 0 Å². The lowest BCUT2D eigenvalue weighted by molar-refractivity contribution is 0.695. The molecule has 1 unspecified atom stereocenters. The highest BCUT2D eigenvalue weighted by molar-refractivity contribution is 5.83. The lowest BCUT2D eigenvalue weighted by Crippen LogP contribution is -2.03. The van der Waals surface area contributed by atoms with Crippen molar-refractivity contribution in [2.75, 3.05) is 6.54 Å². The van der Waals surface area contributed by atoms with E-state index < -0.39 is 0 Å². The maximum atomic E-state index is 5.57. The van der Waals surface area contributed by atoms with Crippen LogP contribution < -0.4 is 5.73 Å². The molecule has 2 nitrogen and oxygen atoms in total. The molecule has 0 amide bonds. The van der Waals surface area contributed by atoms with Gasteiger partial charge in [0.25, 0.3) is 0 Å². The third kappa shape index (κ3) is 1.53. The molecular formula is C12H16N2. The van der Waals surface area contributed by atoms with Crippen molar-refractivity contribution in [2.24, 2.45) is 5.73 Å². The maximum Gasteiger partial charge on any atom is 0.0456 e. The average Bonchev–Trinajstić information content (AvgIpc) is 2.61. The summed E-state index contributed by atoms with van der Waals surface area (Å²) in [6.07, 6.45) is 3.15. The highest BCUT2D eigenvalue weighted by atomic mass is 14.7. The number of hydrogen-bond acceptors (Lipinski definition) is 1. The van der Waals surface area contributed by atoms with Gasteiger partial charge in [-0.2, -0.15) is 0 Å². The maximum absolute atomic E-state index is 5.57. The van der Waals surface area contributed by atoms with Crippen molar-refractivity contribution in [2.45, 2.75) is 19.3 Å². The summed E-state index contributed by atoms with van der Waals surface area (Å²) in [6, 6.07) is 8.40. The van der Waals surface area contributed by atoms with Crippen molar-refractivity contribution in [3.8, 4) is 0 Å². The number of hydrogen-bond donors (Lipinski definition) is 2. The predicted molar refractivity (Wildman–Crippen MR) is 60.4 cm³/mol. The van der Waals surface area contributed by atoms with E-state index in [0.29, 0.717) is 5.92 Å². The smallest absolute Gasteiger partial charge is 0.0456 e. The van der Waals surface area contributed by atoms with E-state index in [4.69, 9.17) is 5.73 Å². The fraction of sp³-hybridized carbons (Fsp3) is 0.333. The summed E-state index contributed by atoms with van der Waals surface area (Å²) in [5.41, 5.74) is 8.16. The van der Waals surface area contributed by atoms with Gasteiger partial charge in [-0.15, -0.1) is 0 Å². The highest BCUT2D eigenvalue weighted by Crippen LogP contribution is 2.26. The second-order valence-corrected chi connectivity index (χ2v) is 3.77. The van der Waals surface area contributed by atoms with Crippen molar-refractivity contribution in [1.29, 1.82) is 0 Å². The van der Waals surface area contributed by atoms with Crippen LogP contribution in [0.25, 0.3) is 10.9 Å². The Bertz CT molecular complexity index is 417. The molecule has 74 valence electrons. The number of fused-ring (bicyclic) bond motifs is 1. The van der Waals surface area contributed by atoms with Crippen molar-refractivity contribution in [3.05, 3.63) is 36.0 Å². The standard InChI is InChI=1S/C12H16N2/c1-9(6-7-13)11-8-14-12-5-3-2-4-10(11)12/h2-5,8-9,14H,6-7,13H2,1H3.